The van der Waals surface area contributed by atoms with Gasteiger partial charge in [-0.3, -0.25) is 38.7 Å². The molecule has 0 bridgehead atoms. The van der Waals surface area contributed by atoms with Gasteiger partial charge in [0.25, 0.3) is 11.8 Å². The molecule has 1 aliphatic carbocycles. The third-order valence-electron chi connectivity index (χ3n) is 10.7. The molecule has 0 unspecified atom stereocenters. The molecule has 1 saturated carbocycles. The van der Waals surface area contributed by atoms with E-state index in [4.69, 9.17) is 15.2 Å². The third kappa shape index (κ3) is 10.8. The molecule has 0 saturated heterocycles. The van der Waals surface area contributed by atoms with Gasteiger partial charge in [0.2, 0.25) is 23.6 Å². The maximum absolute atomic E-state index is 13.8. The van der Waals surface area contributed by atoms with E-state index in [0.29, 0.717) is 61.7 Å². The topological polar surface area (TPSA) is 226 Å². The number of ether oxygens (including phenoxy) is 2. The van der Waals surface area contributed by atoms with E-state index >= 15 is 0 Å². The summed E-state index contributed by atoms with van der Waals surface area (Å²) in [6.45, 7) is 4.83. The average molecular weight is 813 g/mol. The molecular formula is C42H52N8O9. The summed E-state index contributed by atoms with van der Waals surface area (Å²) < 4.78 is 11.1. The van der Waals surface area contributed by atoms with Gasteiger partial charge in [0.15, 0.2) is 0 Å². The van der Waals surface area contributed by atoms with Crippen molar-refractivity contribution in [3.63, 3.8) is 0 Å². The molecule has 2 aromatic rings. The standard InChI is InChI=1S/C42H52N8O9/c1-2-13-48(16-17-51)40(56)29-22-28-3-4-31(25-34(28)47-35(43)24-29)42(10-11-42)41(57)46-32-23-30-27-49(14-7-33(30)45-26-32)37(53)9-18-58-20-21-59-19-12-44-36(52)8-15-50-38(54)5-6-39(50)55/h3-6,22-23,25-26,51H,2,7-21,24,27H2,1H3,(H2,43,47)(H,44,52)(H,46,57). The van der Waals surface area contributed by atoms with Gasteiger partial charge in [-0.15, -0.1) is 0 Å². The summed E-state index contributed by atoms with van der Waals surface area (Å²) in [5.41, 5.74) is 10.5. The molecule has 1 fully saturated rings. The molecular weight excluding hydrogens is 761 g/mol. The molecule has 4 aliphatic rings. The fraction of sp³-hybridized carbons (Fsp3) is 0.476. The Morgan fingerprint density at radius 1 is 1.00 bits per heavy atom. The third-order valence-corrected chi connectivity index (χ3v) is 10.7. The first kappa shape index (κ1) is 42.8. The second kappa shape index (κ2) is 19.8. The minimum absolute atomic E-state index is 0.0108. The number of aliphatic hydroxyl groups excluding tert-OH is 1. The van der Waals surface area contributed by atoms with Crippen LogP contribution in [0.4, 0.5) is 11.4 Å². The Labute approximate surface area is 342 Å². The number of fused-ring (bicyclic) bond motifs is 2. The van der Waals surface area contributed by atoms with Gasteiger partial charge < -0.3 is 40.7 Å². The number of aliphatic hydroxyl groups is 1. The molecule has 3 aliphatic heterocycles. The minimum Gasteiger partial charge on any atom is -0.395 e. The lowest BCUT2D eigenvalue weighted by Gasteiger charge is -2.29. The SMILES string of the molecule is CCCN(CCO)C(=O)C1=Cc2ccc(C3(C(=O)Nc4cnc5c(c4)CN(C(=O)CCOCCOCCNC(=O)CCN4C(=O)C=CC4=O)CC5)CC3)cc2N=C(N)C1. The van der Waals surface area contributed by atoms with Crippen LogP contribution in [-0.2, 0) is 56.6 Å². The number of rotatable bonds is 20. The van der Waals surface area contributed by atoms with Crippen molar-refractivity contribution in [1.82, 2.24) is 25.0 Å². The van der Waals surface area contributed by atoms with Crippen LogP contribution >= 0.6 is 0 Å². The van der Waals surface area contributed by atoms with Crippen LogP contribution in [0.1, 0.15) is 67.8 Å². The Bertz CT molecular complexity index is 2020. The number of nitrogens with two attached hydrogens (primary N) is 1. The van der Waals surface area contributed by atoms with E-state index in [1.807, 2.05) is 31.2 Å². The van der Waals surface area contributed by atoms with Crippen molar-refractivity contribution in [3.8, 4) is 0 Å². The summed E-state index contributed by atoms with van der Waals surface area (Å²) in [5.74, 6) is -1.24. The van der Waals surface area contributed by atoms with Gasteiger partial charge in [-0.1, -0.05) is 19.1 Å². The van der Waals surface area contributed by atoms with Gasteiger partial charge in [0, 0.05) is 87.5 Å². The second-order valence-corrected chi connectivity index (χ2v) is 14.9. The van der Waals surface area contributed by atoms with Gasteiger partial charge in [0.1, 0.15) is 5.84 Å². The molecule has 0 atom stereocenters. The van der Waals surface area contributed by atoms with Crippen molar-refractivity contribution in [2.75, 3.05) is 71.1 Å². The molecule has 17 nitrogen and oxygen atoms in total. The number of nitrogens with one attached hydrogen (secondary N) is 2. The fourth-order valence-electron chi connectivity index (χ4n) is 7.32. The van der Waals surface area contributed by atoms with Crippen molar-refractivity contribution >= 4 is 58.7 Å². The highest BCUT2D eigenvalue weighted by Gasteiger charge is 2.51. The quantitative estimate of drug-likeness (QED) is 0.111. The Hall–Kier alpha value is -5.78. The van der Waals surface area contributed by atoms with Crippen molar-refractivity contribution in [2.24, 2.45) is 10.7 Å². The van der Waals surface area contributed by atoms with Gasteiger partial charge in [-0.05, 0) is 48.6 Å². The van der Waals surface area contributed by atoms with Gasteiger partial charge in [0.05, 0.1) is 62.4 Å². The van der Waals surface area contributed by atoms with E-state index in [-0.39, 0.29) is 95.6 Å². The summed E-state index contributed by atoms with van der Waals surface area (Å²) >= 11 is 0. The summed E-state index contributed by atoms with van der Waals surface area (Å²) in [6, 6.07) is 7.52. The van der Waals surface area contributed by atoms with E-state index in [9.17, 15) is 33.9 Å². The van der Waals surface area contributed by atoms with Crippen molar-refractivity contribution in [2.45, 2.75) is 63.8 Å². The largest absolute Gasteiger partial charge is 0.395 e. The van der Waals surface area contributed by atoms with E-state index in [0.717, 1.165) is 33.7 Å². The van der Waals surface area contributed by atoms with Gasteiger partial charge in [-0.25, -0.2) is 4.99 Å². The molecule has 5 N–H and O–H groups in total. The number of benzene rings is 1. The van der Waals surface area contributed by atoms with Crippen molar-refractivity contribution in [3.05, 3.63) is 70.6 Å². The number of aliphatic imine (C=N–C) groups is 1. The molecule has 0 spiro atoms. The molecule has 314 valence electrons. The molecule has 1 aromatic carbocycles. The first-order chi connectivity index (χ1) is 28.5. The van der Waals surface area contributed by atoms with Crippen LogP contribution < -0.4 is 16.4 Å². The first-order valence-corrected chi connectivity index (χ1v) is 20.1. The lowest BCUT2D eigenvalue weighted by molar-refractivity contribution is -0.137. The number of pyridine rings is 1. The van der Waals surface area contributed by atoms with Crippen molar-refractivity contribution in [1.29, 1.82) is 0 Å². The van der Waals surface area contributed by atoms with E-state index in [2.05, 4.69) is 20.6 Å². The summed E-state index contributed by atoms with van der Waals surface area (Å²) in [7, 11) is 0. The summed E-state index contributed by atoms with van der Waals surface area (Å²) in [5, 5.41) is 15.2. The number of hydrogen-bond acceptors (Lipinski definition) is 12. The number of amidine groups is 1. The average Bonchev–Trinajstić information content (AvgIpc) is 4.00. The van der Waals surface area contributed by atoms with Crippen LogP contribution in [0.25, 0.3) is 6.08 Å². The number of hydrogen-bond donors (Lipinski definition) is 4. The number of anilines is 1. The number of carbonyl (C=O) groups excluding carboxylic acids is 6. The molecule has 0 radical (unpaired) electrons. The van der Waals surface area contributed by atoms with E-state index < -0.39 is 17.2 Å². The maximum atomic E-state index is 13.8. The molecule has 6 rings (SSSR count). The number of amides is 6. The summed E-state index contributed by atoms with van der Waals surface area (Å²) in [6.07, 6.45) is 8.85. The lowest BCUT2D eigenvalue weighted by Crippen LogP contribution is -2.37. The Kier molecular flexibility index (Phi) is 14.4. The monoisotopic (exact) mass is 812 g/mol. The van der Waals surface area contributed by atoms with E-state index in [1.165, 1.54) is 12.2 Å². The highest BCUT2D eigenvalue weighted by atomic mass is 16.5. The lowest BCUT2D eigenvalue weighted by atomic mass is 9.92. The highest BCUT2D eigenvalue weighted by Crippen LogP contribution is 2.50. The zero-order chi connectivity index (χ0) is 41.9. The van der Waals surface area contributed by atoms with Crippen molar-refractivity contribution < 1.29 is 43.3 Å². The van der Waals surface area contributed by atoms with Crippen LogP contribution in [0.2, 0.25) is 0 Å². The summed E-state index contributed by atoms with van der Waals surface area (Å²) in [4.78, 5) is 88.9. The molecule has 6 amide bonds. The van der Waals surface area contributed by atoms with E-state index in [1.54, 1.807) is 22.1 Å². The zero-order valence-corrected chi connectivity index (χ0v) is 33.4. The van der Waals surface area contributed by atoms with Crippen LogP contribution in [0.15, 0.2) is 53.2 Å². The number of carbonyl (C=O) groups is 6. The molecule has 17 heteroatoms. The molecule has 4 heterocycles. The molecule has 1 aromatic heterocycles. The smallest absolute Gasteiger partial charge is 0.253 e. The maximum Gasteiger partial charge on any atom is 0.253 e. The second-order valence-electron chi connectivity index (χ2n) is 14.9. The Morgan fingerprint density at radius 2 is 1.76 bits per heavy atom. The minimum atomic E-state index is -0.746. The number of nitrogens with zero attached hydrogens (tertiary/aromatic N) is 5. The van der Waals surface area contributed by atoms with Gasteiger partial charge in [-0.2, -0.15) is 0 Å². The first-order valence-electron chi connectivity index (χ1n) is 20.1. The number of imide groups is 1. The highest BCUT2D eigenvalue weighted by molar-refractivity contribution is 6.13. The normalized spacial score (nSPS) is 16.4. The Balaban J connectivity index is 0.935. The predicted molar refractivity (Wildman–Crippen MR) is 217 cm³/mol. The molecule has 59 heavy (non-hydrogen) atoms. The number of aromatic nitrogens is 1. The van der Waals surface area contributed by atoms with Crippen LogP contribution in [0.5, 0.6) is 0 Å². The van der Waals surface area contributed by atoms with Gasteiger partial charge >= 0.3 is 0 Å². The Morgan fingerprint density at radius 3 is 2.49 bits per heavy atom. The van der Waals surface area contributed by atoms with Crippen LogP contribution in [-0.4, -0.2) is 132 Å². The predicted octanol–water partition coefficient (Wildman–Crippen LogP) is 1.50. The fourth-order valence-corrected chi connectivity index (χ4v) is 7.32. The zero-order valence-electron chi connectivity index (χ0n) is 33.4. The van der Waals surface area contributed by atoms with Crippen LogP contribution in [0.3, 0.4) is 0 Å². The van der Waals surface area contributed by atoms with Crippen LogP contribution in [0, 0.1) is 0 Å².